The van der Waals surface area contributed by atoms with Gasteiger partial charge in [0, 0.05) is 0 Å². The van der Waals surface area contributed by atoms with Crippen molar-refractivity contribution in [3.63, 3.8) is 0 Å². The number of rotatable bonds is 2. The minimum absolute atomic E-state index is 0.0365. The molecule has 0 saturated heterocycles. The fourth-order valence-corrected chi connectivity index (χ4v) is 1.64. The lowest BCUT2D eigenvalue weighted by Gasteiger charge is -2.01. The van der Waals surface area contributed by atoms with Gasteiger partial charge < -0.3 is 9.15 Å². The van der Waals surface area contributed by atoms with E-state index in [9.17, 15) is 4.39 Å². The highest BCUT2D eigenvalue weighted by Gasteiger charge is 2.11. The van der Waals surface area contributed by atoms with Crippen LogP contribution in [0.1, 0.15) is 5.56 Å². The van der Waals surface area contributed by atoms with Gasteiger partial charge >= 0.3 is 6.08 Å². The number of nitriles is 1. The van der Waals surface area contributed by atoms with Gasteiger partial charge in [0.1, 0.15) is 5.52 Å². The Morgan fingerprint density at radius 3 is 2.79 bits per heavy atom. The average molecular weight is 254 g/mol. The van der Waals surface area contributed by atoms with Crippen molar-refractivity contribution in [2.24, 2.45) is 0 Å². The standard InChI is InChI=1S/C14H7FN2O2/c15-10-7-9(8-16)5-6-12(10)18-14-17-11-3-1-2-4-13(11)19-14/h1-7H. The molecule has 0 atom stereocenters. The fourth-order valence-electron chi connectivity index (χ4n) is 1.64. The number of nitrogens with zero attached hydrogens (tertiary/aromatic N) is 2. The number of halogens is 1. The van der Waals surface area contributed by atoms with E-state index in [1.807, 2.05) is 12.1 Å². The van der Waals surface area contributed by atoms with E-state index < -0.39 is 5.82 Å². The van der Waals surface area contributed by atoms with Gasteiger partial charge in [-0.3, -0.25) is 0 Å². The molecule has 1 aromatic heterocycles. The summed E-state index contributed by atoms with van der Waals surface area (Å²) in [4.78, 5) is 4.07. The van der Waals surface area contributed by atoms with Crippen LogP contribution in [0, 0.1) is 17.1 Å². The molecule has 0 fully saturated rings. The maximum absolute atomic E-state index is 13.6. The Bertz CT molecular complexity index is 756. The summed E-state index contributed by atoms with van der Waals surface area (Å²) in [6.45, 7) is 0. The van der Waals surface area contributed by atoms with Crippen molar-refractivity contribution in [1.29, 1.82) is 5.26 Å². The molecular weight excluding hydrogens is 247 g/mol. The van der Waals surface area contributed by atoms with E-state index in [1.165, 1.54) is 12.1 Å². The van der Waals surface area contributed by atoms with Crippen LogP contribution in [0.5, 0.6) is 11.8 Å². The van der Waals surface area contributed by atoms with Crippen molar-refractivity contribution >= 4 is 11.1 Å². The summed E-state index contributed by atoms with van der Waals surface area (Å²) < 4.78 is 24.2. The van der Waals surface area contributed by atoms with Crippen molar-refractivity contribution in [2.75, 3.05) is 0 Å². The molecule has 2 aromatic carbocycles. The summed E-state index contributed by atoms with van der Waals surface area (Å²) in [5.74, 6) is -0.674. The van der Waals surface area contributed by atoms with Crippen molar-refractivity contribution in [2.45, 2.75) is 0 Å². The zero-order valence-electron chi connectivity index (χ0n) is 9.63. The van der Waals surface area contributed by atoms with Crippen LogP contribution in [0.25, 0.3) is 11.1 Å². The lowest BCUT2D eigenvalue weighted by molar-refractivity contribution is 0.329. The van der Waals surface area contributed by atoms with Gasteiger partial charge in [-0.15, -0.1) is 0 Å². The number of benzene rings is 2. The summed E-state index contributed by atoms with van der Waals surface area (Å²) in [6, 6.07) is 12.9. The van der Waals surface area contributed by atoms with E-state index in [4.69, 9.17) is 14.4 Å². The van der Waals surface area contributed by atoms with E-state index in [0.717, 1.165) is 6.07 Å². The third-order valence-corrected chi connectivity index (χ3v) is 2.53. The maximum atomic E-state index is 13.6. The second-order valence-electron chi connectivity index (χ2n) is 3.81. The Labute approximate surface area is 107 Å². The molecule has 0 radical (unpaired) electrons. The van der Waals surface area contributed by atoms with E-state index >= 15 is 0 Å². The van der Waals surface area contributed by atoms with E-state index in [0.29, 0.717) is 11.1 Å². The zero-order chi connectivity index (χ0) is 13.2. The largest absolute Gasteiger partial charge is 0.409 e. The topological polar surface area (TPSA) is 59.0 Å². The molecule has 92 valence electrons. The quantitative estimate of drug-likeness (QED) is 0.700. The van der Waals surface area contributed by atoms with Crippen LogP contribution in [0.2, 0.25) is 0 Å². The van der Waals surface area contributed by atoms with E-state index in [2.05, 4.69) is 4.98 Å². The highest BCUT2D eigenvalue weighted by molar-refractivity contribution is 5.72. The summed E-state index contributed by atoms with van der Waals surface area (Å²) in [5, 5.41) is 8.65. The Balaban J connectivity index is 1.94. The SMILES string of the molecule is N#Cc1ccc(Oc2nc3ccccc3o2)c(F)c1. The third-order valence-electron chi connectivity index (χ3n) is 2.53. The van der Waals surface area contributed by atoms with Crippen LogP contribution < -0.4 is 4.74 Å². The monoisotopic (exact) mass is 254 g/mol. The molecule has 0 aliphatic heterocycles. The first kappa shape index (κ1) is 11.2. The normalized spacial score (nSPS) is 10.3. The van der Waals surface area contributed by atoms with Gasteiger partial charge in [0.15, 0.2) is 17.1 Å². The number of oxazole rings is 1. The zero-order valence-corrected chi connectivity index (χ0v) is 9.63. The Hall–Kier alpha value is -2.87. The number of hydrogen-bond donors (Lipinski definition) is 0. The van der Waals surface area contributed by atoms with Crippen LogP contribution in [-0.4, -0.2) is 4.98 Å². The molecule has 3 rings (SSSR count). The van der Waals surface area contributed by atoms with Crippen LogP contribution in [0.15, 0.2) is 46.9 Å². The molecule has 0 spiro atoms. The second-order valence-corrected chi connectivity index (χ2v) is 3.81. The number of fused-ring (bicyclic) bond motifs is 1. The van der Waals surface area contributed by atoms with Crippen LogP contribution >= 0.6 is 0 Å². The molecule has 0 saturated carbocycles. The molecule has 0 amide bonds. The molecule has 0 aliphatic rings. The molecule has 19 heavy (non-hydrogen) atoms. The summed E-state index contributed by atoms with van der Waals surface area (Å²) in [6.07, 6.45) is -0.0372. The predicted molar refractivity (Wildman–Crippen MR) is 65.2 cm³/mol. The summed E-state index contributed by atoms with van der Waals surface area (Å²) in [7, 11) is 0. The van der Waals surface area contributed by atoms with Crippen LogP contribution in [-0.2, 0) is 0 Å². The van der Waals surface area contributed by atoms with E-state index in [1.54, 1.807) is 18.2 Å². The number of ether oxygens (including phenoxy) is 1. The average Bonchev–Trinajstić information content (AvgIpc) is 2.83. The van der Waals surface area contributed by atoms with E-state index in [-0.39, 0.29) is 17.4 Å². The molecule has 0 aliphatic carbocycles. The predicted octanol–water partition coefficient (Wildman–Crippen LogP) is 3.63. The highest BCUT2D eigenvalue weighted by atomic mass is 19.1. The molecule has 0 unspecified atom stereocenters. The van der Waals surface area contributed by atoms with Gasteiger partial charge in [0.25, 0.3) is 0 Å². The maximum Gasteiger partial charge on any atom is 0.400 e. The smallest absolute Gasteiger partial charge is 0.400 e. The minimum Gasteiger partial charge on any atom is -0.409 e. The third kappa shape index (κ3) is 2.11. The first-order valence-electron chi connectivity index (χ1n) is 5.49. The van der Waals surface area contributed by atoms with Crippen molar-refractivity contribution in [1.82, 2.24) is 4.98 Å². The molecule has 0 N–H and O–H groups in total. The lowest BCUT2D eigenvalue weighted by atomic mass is 10.2. The Kier molecular flexibility index (Phi) is 2.62. The number of para-hydroxylation sites is 2. The first-order chi connectivity index (χ1) is 9.26. The lowest BCUT2D eigenvalue weighted by Crippen LogP contribution is -1.89. The van der Waals surface area contributed by atoms with Gasteiger partial charge in [0.05, 0.1) is 11.6 Å². The van der Waals surface area contributed by atoms with Gasteiger partial charge in [-0.1, -0.05) is 12.1 Å². The summed E-state index contributed by atoms with van der Waals surface area (Å²) in [5.41, 5.74) is 1.42. The molecule has 3 aromatic rings. The van der Waals surface area contributed by atoms with Gasteiger partial charge in [-0.05, 0) is 30.3 Å². The molecular formula is C14H7FN2O2. The van der Waals surface area contributed by atoms with Crippen LogP contribution in [0.3, 0.4) is 0 Å². The second kappa shape index (κ2) is 4.42. The Morgan fingerprint density at radius 2 is 2.05 bits per heavy atom. The Morgan fingerprint density at radius 1 is 1.21 bits per heavy atom. The first-order valence-corrected chi connectivity index (χ1v) is 5.49. The van der Waals surface area contributed by atoms with Gasteiger partial charge in [-0.25, -0.2) is 4.39 Å². The number of hydrogen-bond acceptors (Lipinski definition) is 4. The summed E-state index contributed by atoms with van der Waals surface area (Å²) >= 11 is 0. The van der Waals surface area contributed by atoms with Crippen molar-refractivity contribution < 1.29 is 13.5 Å². The molecule has 5 heteroatoms. The minimum atomic E-state index is -0.638. The van der Waals surface area contributed by atoms with Crippen molar-refractivity contribution in [3.8, 4) is 17.9 Å². The fraction of sp³-hybridized carbons (Fsp3) is 0. The number of aromatic nitrogens is 1. The highest BCUT2D eigenvalue weighted by Crippen LogP contribution is 2.27. The molecule has 1 heterocycles. The van der Waals surface area contributed by atoms with Crippen molar-refractivity contribution in [3.05, 3.63) is 53.8 Å². The molecule has 4 nitrogen and oxygen atoms in total. The molecule has 0 bridgehead atoms. The van der Waals surface area contributed by atoms with Gasteiger partial charge in [-0.2, -0.15) is 10.2 Å². The van der Waals surface area contributed by atoms with Gasteiger partial charge in [0.2, 0.25) is 0 Å². The van der Waals surface area contributed by atoms with Crippen LogP contribution in [0.4, 0.5) is 4.39 Å².